The van der Waals surface area contributed by atoms with Crippen molar-refractivity contribution >= 4 is 11.6 Å². The number of carbonyl (C=O) groups excluding carboxylic acids is 1. The van der Waals surface area contributed by atoms with Crippen LogP contribution in [0.5, 0.6) is 0 Å². The third-order valence-corrected chi connectivity index (χ3v) is 5.07. The molecule has 3 atom stereocenters. The fraction of sp³-hybridized carbons (Fsp3) is 0.625. The van der Waals surface area contributed by atoms with Crippen molar-refractivity contribution in [1.29, 1.82) is 0 Å². The molecule has 0 radical (unpaired) electrons. The van der Waals surface area contributed by atoms with E-state index < -0.39 is 4.92 Å². The molecule has 1 saturated heterocycles. The molecule has 1 aliphatic carbocycles. The lowest BCUT2D eigenvalue weighted by Gasteiger charge is -2.47. The summed E-state index contributed by atoms with van der Waals surface area (Å²) in [6.07, 6.45) is 7.02. The van der Waals surface area contributed by atoms with Gasteiger partial charge in [-0.3, -0.25) is 14.9 Å². The fourth-order valence-corrected chi connectivity index (χ4v) is 4.06. The molecular weight excluding hydrogens is 282 g/mol. The predicted octanol–water partition coefficient (Wildman–Crippen LogP) is 3.03. The van der Waals surface area contributed by atoms with Crippen LogP contribution in [0.15, 0.2) is 18.3 Å². The van der Waals surface area contributed by atoms with Crippen LogP contribution in [0.2, 0.25) is 0 Å². The van der Waals surface area contributed by atoms with Crippen molar-refractivity contribution in [1.82, 2.24) is 9.88 Å². The fourth-order valence-electron chi connectivity index (χ4n) is 4.06. The Kier molecular flexibility index (Phi) is 4.09. The Morgan fingerprint density at radius 3 is 2.77 bits per heavy atom. The van der Waals surface area contributed by atoms with Crippen LogP contribution in [0.1, 0.15) is 49.5 Å². The minimum Gasteiger partial charge on any atom is -0.334 e. The van der Waals surface area contributed by atoms with Crippen molar-refractivity contribution in [2.45, 2.75) is 45.1 Å². The van der Waals surface area contributed by atoms with Gasteiger partial charge < -0.3 is 4.90 Å². The van der Waals surface area contributed by atoms with Gasteiger partial charge in [0.25, 0.3) is 11.6 Å². The molecule has 2 heterocycles. The van der Waals surface area contributed by atoms with Crippen LogP contribution in [-0.2, 0) is 0 Å². The van der Waals surface area contributed by atoms with E-state index in [1.165, 1.54) is 44.0 Å². The molecule has 3 rings (SSSR count). The summed E-state index contributed by atoms with van der Waals surface area (Å²) in [5, 5.41) is 10.7. The predicted molar refractivity (Wildman–Crippen MR) is 81.5 cm³/mol. The van der Waals surface area contributed by atoms with Gasteiger partial charge in [-0.25, -0.2) is 4.98 Å². The number of carbonyl (C=O) groups is 1. The second kappa shape index (κ2) is 6.02. The van der Waals surface area contributed by atoms with Gasteiger partial charge in [0, 0.05) is 18.7 Å². The molecule has 0 spiro atoms. The van der Waals surface area contributed by atoms with Gasteiger partial charge in [-0.15, -0.1) is 0 Å². The Balaban J connectivity index is 1.82. The van der Waals surface area contributed by atoms with Gasteiger partial charge in [-0.05, 0) is 43.6 Å². The van der Waals surface area contributed by atoms with Crippen molar-refractivity contribution in [3.63, 3.8) is 0 Å². The largest absolute Gasteiger partial charge is 0.334 e. The summed E-state index contributed by atoms with van der Waals surface area (Å²) < 4.78 is 0. The third kappa shape index (κ3) is 2.69. The monoisotopic (exact) mass is 303 g/mol. The molecule has 0 unspecified atom stereocenters. The first-order valence-corrected chi connectivity index (χ1v) is 7.99. The van der Waals surface area contributed by atoms with Gasteiger partial charge in [-0.2, -0.15) is 0 Å². The third-order valence-electron chi connectivity index (χ3n) is 5.07. The van der Waals surface area contributed by atoms with E-state index in [1.807, 2.05) is 4.90 Å². The van der Waals surface area contributed by atoms with Crippen molar-refractivity contribution < 1.29 is 9.72 Å². The van der Waals surface area contributed by atoms with Crippen LogP contribution in [0.25, 0.3) is 0 Å². The van der Waals surface area contributed by atoms with Crippen LogP contribution in [0.3, 0.4) is 0 Å². The first-order chi connectivity index (χ1) is 10.6. The smallest absolute Gasteiger partial charge is 0.287 e. The average Bonchev–Trinajstić information content (AvgIpc) is 2.54. The zero-order valence-corrected chi connectivity index (χ0v) is 12.8. The van der Waals surface area contributed by atoms with E-state index in [0.717, 1.165) is 13.0 Å². The van der Waals surface area contributed by atoms with E-state index in [2.05, 4.69) is 11.9 Å². The first kappa shape index (κ1) is 14.9. The van der Waals surface area contributed by atoms with Crippen molar-refractivity contribution in [3.05, 3.63) is 34.1 Å². The van der Waals surface area contributed by atoms with E-state index in [-0.39, 0.29) is 11.6 Å². The molecule has 0 N–H and O–H groups in total. The Hall–Kier alpha value is -1.98. The number of rotatable bonds is 2. The number of pyridine rings is 1. The zero-order chi connectivity index (χ0) is 15.7. The lowest BCUT2D eigenvalue weighted by molar-refractivity contribution is -0.385. The van der Waals surface area contributed by atoms with Crippen molar-refractivity contribution in [3.8, 4) is 0 Å². The number of hydrogen-bond donors (Lipinski definition) is 0. The van der Waals surface area contributed by atoms with Gasteiger partial charge in [0.15, 0.2) is 0 Å². The van der Waals surface area contributed by atoms with E-state index >= 15 is 0 Å². The van der Waals surface area contributed by atoms with Crippen LogP contribution in [-0.4, -0.2) is 33.3 Å². The Morgan fingerprint density at radius 1 is 1.32 bits per heavy atom. The number of likely N-dealkylation sites (tertiary alicyclic amines) is 1. The van der Waals surface area contributed by atoms with Crippen LogP contribution in [0, 0.1) is 22.0 Å². The quantitative estimate of drug-likeness (QED) is 0.621. The Morgan fingerprint density at radius 2 is 2.09 bits per heavy atom. The van der Waals surface area contributed by atoms with Gasteiger partial charge >= 0.3 is 0 Å². The summed E-state index contributed by atoms with van der Waals surface area (Å²) in [7, 11) is 0. The molecule has 22 heavy (non-hydrogen) atoms. The van der Waals surface area contributed by atoms with Gasteiger partial charge in [-0.1, -0.05) is 13.3 Å². The summed E-state index contributed by atoms with van der Waals surface area (Å²) in [5.41, 5.74) is 0.225. The lowest BCUT2D eigenvalue weighted by atomic mass is 9.73. The maximum absolute atomic E-state index is 12.8. The highest BCUT2D eigenvalue weighted by molar-refractivity contribution is 5.92. The SMILES string of the molecule is C[C@@H]1CCC[C@@H]2CCCN(C(=O)c3ccc([N+](=O)[O-])cn3)[C@H]21. The summed E-state index contributed by atoms with van der Waals surface area (Å²) in [4.78, 5) is 28.9. The molecule has 0 aromatic carbocycles. The highest BCUT2D eigenvalue weighted by atomic mass is 16.6. The molecule has 2 aliphatic rings. The minimum atomic E-state index is -0.499. The number of hydrogen-bond acceptors (Lipinski definition) is 4. The topological polar surface area (TPSA) is 76.3 Å². The Labute approximate surface area is 129 Å². The number of amides is 1. The minimum absolute atomic E-state index is 0.0842. The molecular formula is C16H21N3O3. The van der Waals surface area contributed by atoms with E-state index in [1.54, 1.807) is 0 Å². The first-order valence-electron chi connectivity index (χ1n) is 7.99. The second-order valence-electron chi connectivity index (χ2n) is 6.46. The zero-order valence-electron chi connectivity index (χ0n) is 12.8. The average molecular weight is 303 g/mol. The summed E-state index contributed by atoms with van der Waals surface area (Å²) in [6.45, 7) is 2.99. The summed E-state index contributed by atoms with van der Waals surface area (Å²) in [5.74, 6) is 1.03. The molecule has 1 aromatic rings. The van der Waals surface area contributed by atoms with Gasteiger partial charge in [0.05, 0.1) is 4.92 Å². The Bertz CT molecular complexity index is 571. The molecule has 1 amide bonds. The van der Waals surface area contributed by atoms with Crippen molar-refractivity contribution in [2.75, 3.05) is 6.54 Å². The number of piperidine rings is 1. The van der Waals surface area contributed by atoms with Gasteiger partial charge in [0.1, 0.15) is 11.9 Å². The molecule has 2 fully saturated rings. The second-order valence-corrected chi connectivity index (χ2v) is 6.46. The van der Waals surface area contributed by atoms with E-state index in [9.17, 15) is 14.9 Å². The number of nitrogens with zero attached hydrogens (tertiary/aromatic N) is 3. The van der Waals surface area contributed by atoms with Crippen molar-refractivity contribution in [2.24, 2.45) is 11.8 Å². The number of fused-ring (bicyclic) bond motifs is 1. The molecule has 1 saturated carbocycles. The maximum Gasteiger partial charge on any atom is 0.287 e. The summed E-state index contributed by atoms with van der Waals surface area (Å²) in [6, 6.07) is 3.12. The molecule has 6 nitrogen and oxygen atoms in total. The molecule has 118 valence electrons. The summed E-state index contributed by atoms with van der Waals surface area (Å²) >= 11 is 0. The lowest BCUT2D eigenvalue weighted by Crippen LogP contribution is -2.53. The standard InChI is InChI=1S/C16H21N3O3/c1-11-4-2-5-12-6-3-9-18(15(11)12)16(20)14-8-7-13(10-17-14)19(21)22/h7-8,10-12,15H,2-6,9H2,1H3/t11-,12-,15+/m1/s1. The highest BCUT2D eigenvalue weighted by Crippen LogP contribution is 2.39. The maximum atomic E-state index is 12.8. The molecule has 6 heteroatoms. The van der Waals surface area contributed by atoms with Gasteiger partial charge in [0.2, 0.25) is 0 Å². The highest BCUT2D eigenvalue weighted by Gasteiger charge is 2.40. The number of nitro groups is 1. The van der Waals surface area contributed by atoms with Crippen LogP contribution in [0.4, 0.5) is 5.69 Å². The van der Waals surface area contributed by atoms with Crippen LogP contribution < -0.4 is 0 Å². The van der Waals surface area contributed by atoms with Crippen LogP contribution >= 0.6 is 0 Å². The molecule has 0 bridgehead atoms. The normalized spacial score (nSPS) is 28.0. The molecule has 1 aliphatic heterocycles. The van der Waals surface area contributed by atoms with E-state index in [4.69, 9.17) is 0 Å². The number of aromatic nitrogens is 1. The molecule has 1 aromatic heterocycles. The van der Waals surface area contributed by atoms with E-state index in [0.29, 0.717) is 23.6 Å².